The highest BCUT2D eigenvalue weighted by Gasteiger charge is 2.43. The van der Waals surface area contributed by atoms with E-state index in [1.54, 1.807) is 0 Å². The van der Waals surface area contributed by atoms with Crippen LogP contribution in [0.5, 0.6) is 0 Å². The molecule has 2 atom stereocenters. The van der Waals surface area contributed by atoms with Gasteiger partial charge in [-0.1, -0.05) is 27.2 Å². The second-order valence-corrected chi connectivity index (χ2v) is 7.26. The molecule has 18 heavy (non-hydrogen) atoms. The molecule has 0 aromatic heterocycles. The standard InChI is InChI=1S/C16H32N2/c1-5-11-17-15-14(9-10-16(15,2)3)18(4)12-13-7-6-8-13/h13-15,17H,5-12H2,1-4H3. The molecule has 106 valence electrons. The number of hydrogen-bond donors (Lipinski definition) is 1. The Kier molecular flexibility index (Phi) is 4.71. The van der Waals surface area contributed by atoms with Gasteiger partial charge in [0.15, 0.2) is 0 Å². The van der Waals surface area contributed by atoms with Crippen molar-refractivity contribution in [3.63, 3.8) is 0 Å². The summed E-state index contributed by atoms with van der Waals surface area (Å²) in [5.41, 5.74) is 0.466. The molecule has 0 bridgehead atoms. The molecule has 2 fully saturated rings. The molecule has 2 aliphatic carbocycles. The average Bonchev–Trinajstić information content (AvgIpc) is 2.56. The van der Waals surface area contributed by atoms with Crippen LogP contribution in [0.4, 0.5) is 0 Å². The number of likely N-dealkylation sites (N-methyl/N-ethyl adjacent to an activating group) is 1. The molecule has 1 N–H and O–H groups in total. The van der Waals surface area contributed by atoms with E-state index in [1.807, 2.05) is 0 Å². The van der Waals surface area contributed by atoms with Crippen LogP contribution in [-0.2, 0) is 0 Å². The summed E-state index contributed by atoms with van der Waals surface area (Å²) in [6, 6.07) is 1.44. The molecule has 0 saturated heterocycles. The fourth-order valence-corrected chi connectivity index (χ4v) is 3.77. The lowest BCUT2D eigenvalue weighted by atomic mass is 9.83. The lowest BCUT2D eigenvalue weighted by Crippen LogP contribution is -2.52. The highest BCUT2D eigenvalue weighted by Crippen LogP contribution is 2.40. The summed E-state index contributed by atoms with van der Waals surface area (Å²) in [5.74, 6) is 0.991. The number of nitrogens with one attached hydrogen (secondary N) is 1. The van der Waals surface area contributed by atoms with Crippen molar-refractivity contribution in [3.05, 3.63) is 0 Å². The van der Waals surface area contributed by atoms with Gasteiger partial charge in [0.2, 0.25) is 0 Å². The van der Waals surface area contributed by atoms with Crippen LogP contribution >= 0.6 is 0 Å². The smallest absolute Gasteiger partial charge is 0.0274 e. The van der Waals surface area contributed by atoms with Gasteiger partial charge in [0.25, 0.3) is 0 Å². The topological polar surface area (TPSA) is 15.3 Å². The maximum atomic E-state index is 3.82. The van der Waals surface area contributed by atoms with E-state index in [2.05, 4.69) is 38.0 Å². The summed E-state index contributed by atoms with van der Waals surface area (Å²) >= 11 is 0. The van der Waals surface area contributed by atoms with Crippen LogP contribution in [0.2, 0.25) is 0 Å². The molecule has 2 unspecified atom stereocenters. The minimum atomic E-state index is 0.466. The zero-order valence-corrected chi connectivity index (χ0v) is 12.8. The highest BCUT2D eigenvalue weighted by molar-refractivity contribution is 5.00. The predicted molar refractivity (Wildman–Crippen MR) is 78.9 cm³/mol. The minimum Gasteiger partial charge on any atom is -0.312 e. The molecule has 2 aliphatic rings. The SMILES string of the molecule is CCCNC1C(N(C)CC2CCC2)CCC1(C)C. The molecule has 0 aromatic carbocycles. The molecule has 2 rings (SSSR count). The molecule has 0 aliphatic heterocycles. The third kappa shape index (κ3) is 3.08. The van der Waals surface area contributed by atoms with E-state index < -0.39 is 0 Å². The number of nitrogens with zero attached hydrogens (tertiary/aromatic N) is 1. The third-order valence-corrected chi connectivity index (χ3v) is 5.26. The fraction of sp³-hybridized carbons (Fsp3) is 1.00. The monoisotopic (exact) mass is 252 g/mol. The summed E-state index contributed by atoms with van der Waals surface area (Å²) in [6.07, 6.45) is 8.38. The Morgan fingerprint density at radius 2 is 1.94 bits per heavy atom. The van der Waals surface area contributed by atoms with Crippen LogP contribution in [0.1, 0.15) is 59.3 Å². The molecule has 2 saturated carbocycles. The van der Waals surface area contributed by atoms with Gasteiger partial charge in [0.05, 0.1) is 0 Å². The largest absolute Gasteiger partial charge is 0.312 e. The zero-order valence-electron chi connectivity index (χ0n) is 12.8. The van der Waals surface area contributed by atoms with Crippen LogP contribution < -0.4 is 5.32 Å². The van der Waals surface area contributed by atoms with E-state index in [1.165, 1.54) is 51.6 Å². The lowest BCUT2D eigenvalue weighted by Gasteiger charge is -2.39. The van der Waals surface area contributed by atoms with Crippen molar-refractivity contribution in [1.82, 2.24) is 10.2 Å². The second kappa shape index (κ2) is 5.92. The molecule has 2 heteroatoms. The molecule has 0 radical (unpaired) electrons. The second-order valence-electron chi connectivity index (χ2n) is 7.26. The van der Waals surface area contributed by atoms with Crippen molar-refractivity contribution < 1.29 is 0 Å². The first-order valence-corrected chi connectivity index (χ1v) is 7.98. The van der Waals surface area contributed by atoms with Gasteiger partial charge in [0, 0.05) is 18.6 Å². The van der Waals surface area contributed by atoms with Crippen LogP contribution in [0.15, 0.2) is 0 Å². The van der Waals surface area contributed by atoms with Crippen LogP contribution in [0, 0.1) is 11.3 Å². The first kappa shape index (κ1) is 14.3. The molecule has 0 aromatic rings. The van der Waals surface area contributed by atoms with Crippen LogP contribution in [0.3, 0.4) is 0 Å². The third-order valence-electron chi connectivity index (χ3n) is 5.26. The summed E-state index contributed by atoms with van der Waals surface area (Å²) in [7, 11) is 2.35. The summed E-state index contributed by atoms with van der Waals surface area (Å²) in [4.78, 5) is 2.66. The van der Waals surface area contributed by atoms with Gasteiger partial charge >= 0.3 is 0 Å². The Morgan fingerprint density at radius 1 is 1.22 bits per heavy atom. The molecular formula is C16H32N2. The predicted octanol–water partition coefficient (Wildman–Crippen LogP) is 3.28. The van der Waals surface area contributed by atoms with Crippen molar-refractivity contribution in [2.24, 2.45) is 11.3 Å². The molecule has 2 nitrogen and oxygen atoms in total. The quantitative estimate of drug-likeness (QED) is 0.780. The van der Waals surface area contributed by atoms with Gasteiger partial charge in [-0.15, -0.1) is 0 Å². The van der Waals surface area contributed by atoms with E-state index in [9.17, 15) is 0 Å². The normalized spacial score (nSPS) is 31.8. The Hall–Kier alpha value is -0.0800. The number of rotatable bonds is 6. The van der Waals surface area contributed by atoms with Gasteiger partial charge in [-0.2, -0.15) is 0 Å². The Bertz CT molecular complexity index is 258. The Labute approximate surface area is 114 Å². The Morgan fingerprint density at radius 3 is 2.50 bits per heavy atom. The first-order chi connectivity index (χ1) is 8.54. The molecule has 0 amide bonds. The van der Waals surface area contributed by atoms with E-state index >= 15 is 0 Å². The van der Waals surface area contributed by atoms with Crippen molar-refractivity contribution in [2.75, 3.05) is 20.1 Å². The van der Waals surface area contributed by atoms with Crippen LogP contribution in [0.25, 0.3) is 0 Å². The number of hydrogen-bond acceptors (Lipinski definition) is 2. The first-order valence-electron chi connectivity index (χ1n) is 7.98. The molecule has 0 heterocycles. The van der Waals surface area contributed by atoms with Gasteiger partial charge in [-0.05, 0) is 57.0 Å². The summed E-state index contributed by atoms with van der Waals surface area (Å²) < 4.78 is 0. The van der Waals surface area contributed by atoms with Gasteiger partial charge in [0.1, 0.15) is 0 Å². The van der Waals surface area contributed by atoms with Crippen LogP contribution in [-0.4, -0.2) is 37.1 Å². The molecule has 0 spiro atoms. The van der Waals surface area contributed by atoms with E-state index in [-0.39, 0.29) is 0 Å². The minimum absolute atomic E-state index is 0.466. The fourth-order valence-electron chi connectivity index (χ4n) is 3.77. The van der Waals surface area contributed by atoms with Gasteiger partial charge in [-0.3, -0.25) is 0 Å². The van der Waals surface area contributed by atoms with Crippen molar-refractivity contribution in [2.45, 2.75) is 71.4 Å². The van der Waals surface area contributed by atoms with E-state index in [4.69, 9.17) is 0 Å². The van der Waals surface area contributed by atoms with Gasteiger partial charge < -0.3 is 10.2 Å². The zero-order chi connectivity index (χ0) is 13.2. The molecular weight excluding hydrogens is 220 g/mol. The maximum absolute atomic E-state index is 3.82. The van der Waals surface area contributed by atoms with Gasteiger partial charge in [-0.25, -0.2) is 0 Å². The maximum Gasteiger partial charge on any atom is 0.0274 e. The van der Waals surface area contributed by atoms with Crippen molar-refractivity contribution in [3.8, 4) is 0 Å². The highest BCUT2D eigenvalue weighted by atomic mass is 15.2. The Balaban J connectivity index is 1.91. The summed E-state index contributed by atoms with van der Waals surface area (Å²) in [5, 5.41) is 3.82. The van der Waals surface area contributed by atoms with Crippen molar-refractivity contribution in [1.29, 1.82) is 0 Å². The van der Waals surface area contributed by atoms with E-state index in [0.29, 0.717) is 11.5 Å². The summed E-state index contributed by atoms with van der Waals surface area (Å²) in [6.45, 7) is 9.64. The van der Waals surface area contributed by atoms with Crippen molar-refractivity contribution >= 4 is 0 Å². The lowest BCUT2D eigenvalue weighted by molar-refractivity contribution is 0.128. The van der Waals surface area contributed by atoms with E-state index in [0.717, 1.165) is 12.0 Å². The average molecular weight is 252 g/mol.